The minimum absolute atomic E-state index is 0.136. The summed E-state index contributed by atoms with van der Waals surface area (Å²) in [6.07, 6.45) is 0.670. The lowest BCUT2D eigenvalue weighted by Crippen LogP contribution is -2.24. The predicted octanol–water partition coefficient (Wildman–Crippen LogP) is 1.40. The number of hydrogen-bond acceptors (Lipinski definition) is 3. The minimum Gasteiger partial charge on any atom is -0.398 e. The monoisotopic (exact) mass is 246 g/mol. The molecule has 0 bridgehead atoms. The van der Waals surface area contributed by atoms with Crippen LogP contribution >= 0.6 is 0 Å². The van der Waals surface area contributed by atoms with E-state index in [0.29, 0.717) is 13.0 Å². The van der Waals surface area contributed by atoms with Crippen molar-refractivity contribution in [2.24, 2.45) is 0 Å². The van der Waals surface area contributed by atoms with Gasteiger partial charge in [0, 0.05) is 17.8 Å². The lowest BCUT2D eigenvalue weighted by atomic mass is 10.2. The van der Waals surface area contributed by atoms with E-state index in [2.05, 4.69) is 4.72 Å². The Hall–Kier alpha value is -1.14. The number of halogens is 1. The van der Waals surface area contributed by atoms with Gasteiger partial charge in [0.05, 0.1) is 4.90 Å². The Bertz CT molecular complexity index is 463. The molecule has 0 unspecified atom stereocenters. The van der Waals surface area contributed by atoms with Gasteiger partial charge in [0.2, 0.25) is 10.0 Å². The SMILES string of the molecule is CCCNS(=O)(=O)c1cc(N)c(C)c(F)c1. The lowest BCUT2D eigenvalue weighted by Gasteiger charge is -2.08. The summed E-state index contributed by atoms with van der Waals surface area (Å²) in [5.74, 6) is -0.614. The molecule has 16 heavy (non-hydrogen) atoms. The normalized spacial score (nSPS) is 11.7. The van der Waals surface area contributed by atoms with E-state index < -0.39 is 15.8 Å². The van der Waals surface area contributed by atoms with Gasteiger partial charge in [-0.05, 0) is 25.5 Å². The van der Waals surface area contributed by atoms with Gasteiger partial charge in [0.15, 0.2) is 0 Å². The maximum Gasteiger partial charge on any atom is 0.240 e. The maximum absolute atomic E-state index is 13.3. The standard InChI is InChI=1S/C10H15FN2O2S/c1-3-4-13-16(14,15)8-5-9(11)7(2)10(12)6-8/h5-6,13H,3-4,12H2,1-2H3. The summed E-state index contributed by atoms with van der Waals surface area (Å²) in [5, 5.41) is 0. The second-order valence-electron chi connectivity index (χ2n) is 3.52. The lowest BCUT2D eigenvalue weighted by molar-refractivity contribution is 0.576. The molecule has 90 valence electrons. The molecule has 4 nitrogen and oxygen atoms in total. The fourth-order valence-corrected chi connectivity index (χ4v) is 2.33. The van der Waals surface area contributed by atoms with Crippen LogP contribution in [-0.4, -0.2) is 15.0 Å². The summed E-state index contributed by atoms with van der Waals surface area (Å²) < 4.78 is 39.0. The number of anilines is 1. The van der Waals surface area contributed by atoms with Crippen molar-refractivity contribution in [2.75, 3.05) is 12.3 Å². The third kappa shape index (κ3) is 2.70. The van der Waals surface area contributed by atoms with Crippen LogP contribution in [0, 0.1) is 12.7 Å². The molecule has 0 aliphatic heterocycles. The first kappa shape index (κ1) is 12.9. The second-order valence-corrected chi connectivity index (χ2v) is 5.28. The zero-order chi connectivity index (χ0) is 12.3. The molecule has 0 fully saturated rings. The summed E-state index contributed by atoms with van der Waals surface area (Å²) >= 11 is 0. The topological polar surface area (TPSA) is 72.2 Å². The van der Waals surface area contributed by atoms with Crippen molar-refractivity contribution in [2.45, 2.75) is 25.2 Å². The number of nitrogens with two attached hydrogens (primary N) is 1. The van der Waals surface area contributed by atoms with Gasteiger partial charge in [-0.1, -0.05) is 6.92 Å². The van der Waals surface area contributed by atoms with Crippen LogP contribution in [0.1, 0.15) is 18.9 Å². The molecule has 1 aromatic carbocycles. The molecular weight excluding hydrogens is 231 g/mol. The summed E-state index contributed by atoms with van der Waals surface area (Å²) in [6, 6.07) is 2.24. The first-order chi connectivity index (χ1) is 7.38. The highest BCUT2D eigenvalue weighted by Gasteiger charge is 2.16. The van der Waals surface area contributed by atoms with Crippen LogP contribution in [0.5, 0.6) is 0 Å². The summed E-state index contributed by atoms with van der Waals surface area (Å²) in [7, 11) is -3.65. The van der Waals surface area contributed by atoms with Crippen LogP contribution in [0.25, 0.3) is 0 Å². The number of rotatable bonds is 4. The Labute approximate surface area is 94.7 Å². The maximum atomic E-state index is 13.3. The minimum atomic E-state index is -3.65. The van der Waals surface area contributed by atoms with Gasteiger partial charge in [0.25, 0.3) is 0 Å². The molecule has 0 radical (unpaired) electrons. The molecule has 0 aliphatic carbocycles. The average Bonchev–Trinajstić information content (AvgIpc) is 2.22. The van der Waals surface area contributed by atoms with Crippen LogP contribution in [0.3, 0.4) is 0 Å². The van der Waals surface area contributed by atoms with Crippen LogP contribution < -0.4 is 10.5 Å². The quantitative estimate of drug-likeness (QED) is 0.789. The van der Waals surface area contributed by atoms with Crippen LogP contribution in [-0.2, 0) is 10.0 Å². The zero-order valence-corrected chi connectivity index (χ0v) is 10.1. The van der Waals surface area contributed by atoms with Crippen molar-refractivity contribution in [3.05, 3.63) is 23.5 Å². The second kappa shape index (κ2) is 4.80. The van der Waals surface area contributed by atoms with E-state index in [1.54, 1.807) is 0 Å². The van der Waals surface area contributed by atoms with Crippen molar-refractivity contribution in [1.29, 1.82) is 0 Å². The zero-order valence-electron chi connectivity index (χ0n) is 9.25. The van der Waals surface area contributed by atoms with Gasteiger partial charge in [0.1, 0.15) is 5.82 Å². The van der Waals surface area contributed by atoms with Crippen molar-refractivity contribution in [3.63, 3.8) is 0 Å². The van der Waals surface area contributed by atoms with Crippen molar-refractivity contribution >= 4 is 15.7 Å². The summed E-state index contributed by atoms with van der Waals surface area (Å²) in [4.78, 5) is -0.137. The van der Waals surface area contributed by atoms with Gasteiger partial charge in [-0.2, -0.15) is 0 Å². The van der Waals surface area contributed by atoms with Gasteiger partial charge < -0.3 is 5.73 Å². The highest BCUT2D eigenvalue weighted by atomic mass is 32.2. The number of nitrogen functional groups attached to an aromatic ring is 1. The van der Waals surface area contributed by atoms with Crippen molar-refractivity contribution < 1.29 is 12.8 Å². The molecular formula is C10H15FN2O2S. The van der Waals surface area contributed by atoms with E-state index in [0.717, 1.165) is 6.07 Å². The third-order valence-corrected chi connectivity index (χ3v) is 3.65. The van der Waals surface area contributed by atoms with Gasteiger partial charge in [-0.25, -0.2) is 17.5 Å². The molecule has 0 atom stereocenters. The Kier molecular flexibility index (Phi) is 3.88. The third-order valence-electron chi connectivity index (χ3n) is 2.21. The first-order valence-electron chi connectivity index (χ1n) is 4.93. The fraction of sp³-hybridized carbons (Fsp3) is 0.400. The average molecular weight is 246 g/mol. The molecule has 0 saturated carbocycles. The highest BCUT2D eigenvalue weighted by Crippen LogP contribution is 2.20. The first-order valence-corrected chi connectivity index (χ1v) is 6.42. The molecule has 0 amide bonds. The van der Waals surface area contributed by atoms with Crippen LogP contribution in [0.4, 0.5) is 10.1 Å². The summed E-state index contributed by atoms with van der Waals surface area (Å²) in [5.41, 5.74) is 5.91. The molecule has 0 aliphatic rings. The molecule has 0 heterocycles. The molecule has 0 aromatic heterocycles. The molecule has 1 aromatic rings. The van der Waals surface area contributed by atoms with Gasteiger partial charge in [-0.3, -0.25) is 0 Å². The molecule has 0 saturated heterocycles. The number of benzene rings is 1. The Morgan fingerprint density at radius 1 is 1.44 bits per heavy atom. The van der Waals surface area contributed by atoms with Crippen LogP contribution in [0.2, 0.25) is 0 Å². The van der Waals surface area contributed by atoms with Gasteiger partial charge >= 0.3 is 0 Å². The van der Waals surface area contributed by atoms with Crippen LogP contribution in [0.15, 0.2) is 17.0 Å². The Balaban J connectivity index is 3.14. The molecule has 0 spiro atoms. The largest absolute Gasteiger partial charge is 0.398 e. The van der Waals surface area contributed by atoms with E-state index in [1.165, 1.54) is 13.0 Å². The number of sulfonamides is 1. The van der Waals surface area contributed by atoms with E-state index in [9.17, 15) is 12.8 Å². The van der Waals surface area contributed by atoms with E-state index in [-0.39, 0.29) is 16.1 Å². The number of nitrogens with one attached hydrogen (secondary N) is 1. The smallest absolute Gasteiger partial charge is 0.240 e. The summed E-state index contributed by atoms with van der Waals surface area (Å²) in [6.45, 7) is 3.66. The molecule has 3 N–H and O–H groups in total. The Morgan fingerprint density at radius 2 is 2.06 bits per heavy atom. The van der Waals surface area contributed by atoms with E-state index in [1.807, 2.05) is 6.92 Å². The van der Waals surface area contributed by atoms with E-state index >= 15 is 0 Å². The highest BCUT2D eigenvalue weighted by molar-refractivity contribution is 7.89. The number of hydrogen-bond donors (Lipinski definition) is 2. The van der Waals surface area contributed by atoms with Crippen molar-refractivity contribution in [1.82, 2.24) is 4.72 Å². The van der Waals surface area contributed by atoms with Gasteiger partial charge in [-0.15, -0.1) is 0 Å². The molecule has 6 heteroatoms. The molecule has 1 rings (SSSR count). The predicted molar refractivity (Wildman–Crippen MR) is 61.0 cm³/mol. The van der Waals surface area contributed by atoms with E-state index in [4.69, 9.17) is 5.73 Å². The Morgan fingerprint density at radius 3 is 2.56 bits per heavy atom. The fourth-order valence-electron chi connectivity index (χ4n) is 1.15. The van der Waals surface area contributed by atoms with Crippen molar-refractivity contribution in [3.8, 4) is 0 Å².